The molecular weight excluding hydrogens is 974 g/mol. The van der Waals surface area contributed by atoms with E-state index in [2.05, 4.69) is 20.9 Å². The fourth-order valence-electron chi connectivity index (χ4n) is 10.1. The van der Waals surface area contributed by atoms with Crippen molar-refractivity contribution in [3.05, 3.63) is 102 Å². The van der Waals surface area contributed by atoms with E-state index >= 15 is 0 Å². The van der Waals surface area contributed by atoms with Crippen LogP contribution >= 0.6 is 0 Å². The van der Waals surface area contributed by atoms with Crippen molar-refractivity contribution in [3.8, 4) is 28.1 Å². The summed E-state index contributed by atoms with van der Waals surface area (Å²) in [5.74, 6) is -6.55. The van der Waals surface area contributed by atoms with Crippen LogP contribution in [0.15, 0.2) is 79.3 Å². The minimum Gasteiger partial charge on any atom is -0.484 e. The molecule has 10 rings (SSSR count). The lowest BCUT2D eigenvalue weighted by Gasteiger charge is -2.40. The number of amides is 5. The number of aryl methyl sites for hydroxylation is 1. The number of hydrogen-bond donors (Lipinski definition) is 5. The number of carbonyl (C=O) groups excluding carboxylic acids is 5. The maximum Gasteiger partial charge on any atom is 0.355 e. The number of likely N-dealkylation sites (tertiary alicyclic amines) is 1. The van der Waals surface area contributed by atoms with Crippen LogP contribution in [0.2, 0.25) is 0 Å². The zero-order valence-electron chi connectivity index (χ0n) is 39.5. The number of alkyl halides is 2. The number of aromatic nitrogens is 5. The summed E-state index contributed by atoms with van der Waals surface area (Å²) in [5.41, 5.74) is 10.3. The Morgan fingerprint density at radius 3 is 2.41 bits per heavy atom. The van der Waals surface area contributed by atoms with E-state index in [0.717, 1.165) is 4.90 Å². The number of rotatable bonds is 14. The Hall–Kier alpha value is -7.86. The first-order valence-electron chi connectivity index (χ1n) is 23.5. The van der Waals surface area contributed by atoms with E-state index < -0.39 is 57.4 Å². The van der Waals surface area contributed by atoms with Gasteiger partial charge in [0.2, 0.25) is 17.7 Å². The summed E-state index contributed by atoms with van der Waals surface area (Å²) < 4.78 is 76.8. The number of nitrogen functional groups attached to an aromatic ring is 1. The molecule has 1 saturated carbocycles. The van der Waals surface area contributed by atoms with Gasteiger partial charge >= 0.3 is 5.76 Å². The predicted molar refractivity (Wildman–Crippen MR) is 260 cm³/mol. The van der Waals surface area contributed by atoms with Crippen LogP contribution in [0.5, 0.6) is 5.75 Å². The van der Waals surface area contributed by atoms with Crippen molar-refractivity contribution in [2.24, 2.45) is 7.05 Å². The van der Waals surface area contributed by atoms with Gasteiger partial charge in [-0.2, -0.15) is 19.0 Å². The first-order valence-corrected chi connectivity index (χ1v) is 25.0. The lowest BCUT2D eigenvalue weighted by Crippen LogP contribution is -2.56. The Labute approximate surface area is 415 Å². The maximum absolute atomic E-state index is 13.7. The molecule has 3 aromatic carbocycles. The fraction of sp³-hybridized carbons (Fsp3) is 0.347. The molecule has 0 radical (unpaired) electrons. The Kier molecular flexibility index (Phi) is 12.7. The van der Waals surface area contributed by atoms with Crippen LogP contribution < -0.4 is 31.1 Å². The second kappa shape index (κ2) is 19.0. The molecule has 73 heavy (non-hydrogen) atoms. The number of piperidine rings is 2. The van der Waals surface area contributed by atoms with Crippen molar-refractivity contribution >= 4 is 67.7 Å². The Bertz CT molecular complexity index is 3340. The van der Waals surface area contributed by atoms with Gasteiger partial charge in [-0.3, -0.25) is 53.2 Å². The monoisotopic (exact) mass is 1020 g/mol. The summed E-state index contributed by atoms with van der Waals surface area (Å²) in [6.45, 7) is 2.16. The molecule has 0 bridgehead atoms. The Morgan fingerprint density at radius 2 is 1.68 bits per heavy atom. The van der Waals surface area contributed by atoms with Crippen molar-refractivity contribution in [1.82, 2.24) is 45.0 Å². The van der Waals surface area contributed by atoms with Crippen molar-refractivity contribution in [2.75, 3.05) is 29.4 Å². The minimum atomic E-state index is -5.09. The number of benzene rings is 3. The van der Waals surface area contributed by atoms with E-state index in [-0.39, 0.29) is 71.3 Å². The summed E-state index contributed by atoms with van der Waals surface area (Å²) >= 11 is 0. The van der Waals surface area contributed by atoms with Crippen LogP contribution in [0, 0.1) is 5.82 Å². The summed E-state index contributed by atoms with van der Waals surface area (Å²) in [5, 5.41) is 18.7. The lowest BCUT2D eigenvalue weighted by molar-refractivity contribution is -0.136. The van der Waals surface area contributed by atoms with Crippen LogP contribution in [0.25, 0.3) is 33.3 Å². The second-order valence-corrected chi connectivity index (χ2v) is 20.4. The molecule has 4 unspecified atom stereocenters. The third kappa shape index (κ3) is 9.19. The van der Waals surface area contributed by atoms with Gasteiger partial charge in [0, 0.05) is 66.9 Å². The number of nitrogens with zero attached hydrogens (tertiary/aromatic N) is 7. The van der Waals surface area contributed by atoms with Crippen LogP contribution in [0.3, 0.4) is 0 Å². The number of sulfonamides is 1. The van der Waals surface area contributed by atoms with Gasteiger partial charge in [-0.15, -0.1) is 0 Å². The number of nitrogens with one attached hydrogen (secondary N) is 4. The topological polar surface area (TPSA) is 258 Å². The summed E-state index contributed by atoms with van der Waals surface area (Å²) in [6, 6.07) is 12.9. The molecular formula is C49H49F3N12O8S. The molecule has 4 atom stereocenters. The number of fused-ring (bicyclic) bond motifs is 2. The number of nitrogens with two attached hydrogens (primary N) is 1. The first-order chi connectivity index (χ1) is 34.8. The molecule has 3 aliphatic heterocycles. The molecule has 6 aromatic rings. The lowest BCUT2D eigenvalue weighted by atomic mass is 9.85. The number of likely N-dealkylation sites (N-methyl/N-ethyl adjacent to an activating group) is 1. The van der Waals surface area contributed by atoms with Crippen molar-refractivity contribution in [1.29, 1.82) is 0 Å². The van der Waals surface area contributed by atoms with Gasteiger partial charge in [0.1, 0.15) is 35.2 Å². The maximum atomic E-state index is 13.7. The van der Waals surface area contributed by atoms with E-state index in [4.69, 9.17) is 20.7 Å². The molecule has 6 N–H and O–H groups in total. The quantitative estimate of drug-likeness (QED) is 0.0888. The van der Waals surface area contributed by atoms with E-state index in [1.165, 1.54) is 42.5 Å². The fourth-order valence-corrected chi connectivity index (χ4v) is 10.7. The molecule has 5 amide bonds. The molecule has 0 spiro atoms. The largest absolute Gasteiger partial charge is 0.484 e. The third-order valence-electron chi connectivity index (χ3n) is 14.0. The molecule has 380 valence electrons. The van der Waals surface area contributed by atoms with Crippen molar-refractivity contribution < 1.29 is 50.3 Å². The van der Waals surface area contributed by atoms with Gasteiger partial charge in [0.25, 0.3) is 21.8 Å². The SMILES string of the molecule is CC(Oc1cc(-c2nn(C)c3c(-c4cnn(C5CCC(C(=O)NC6CC(Nc7cccc8c7C(=O)N(C7CCC(=O)NC7=O)C8=O)C6)N(C)C5)c4)cnc(N)c23)ccc1NS(=O)(=O)C(F)F)c1ccc(F)cc1. The van der Waals surface area contributed by atoms with E-state index in [0.29, 0.717) is 76.8 Å². The van der Waals surface area contributed by atoms with Gasteiger partial charge in [0.05, 0.1) is 46.0 Å². The molecule has 4 aliphatic rings. The number of pyridine rings is 1. The zero-order chi connectivity index (χ0) is 51.6. The molecule has 3 fully saturated rings. The molecule has 6 heterocycles. The Morgan fingerprint density at radius 1 is 0.918 bits per heavy atom. The van der Waals surface area contributed by atoms with E-state index in [1.54, 1.807) is 49.2 Å². The minimum absolute atomic E-state index is 0.0237. The average Bonchev–Trinajstić information content (AvgIpc) is 4.04. The summed E-state index contributed by atoms with van der Waals surface area (Å²) in [7, 11) is -1.48. The van der Waals surface area contributed by atoms with Crippen molar-refractivity contribution in [2.45, 2.75) is 87.5 Å². The number of halogens is 3. The highest BCUT2D eigenvalue weighted by molar-refractivity contribution is 7.93. The van der Waals surface area contributed by atoms with Crippen LogP contribution in [-0.2, 0) is 31.5 Å². The van der Waals surface area contributed by atoms with Gasteiger partial charge in [-0.1, -0.05) is 24.3 Å². The van der Waals surface area contributed by atoms with Gasteiger partial charge < -0.3 is 21.1 Å². The Balaban J connectivity index is 0.792. The average molecular weight is 1020 g/mol. The smallest absolute Gasteiger partial charge is 0.355 e. The number of carbonyl (C=O) groups is 5. The standard InChI is InChI=1S/C49H49F3N12O8S/c1-24(25-7-10-28(50)11-8-25)72-38-17-26(9-13-34(38)60-73(70,71)49(51)52)42-41-43(62(3)59-42)33(21-54-44(41)53)27-20-55-63(22-27)31-12-14-36(61(2)23-31)45(66)57-30-18-29(19-30)56-35-6-4-5-32-40(35)48(69)64(47(32)68)37-15-16-39(65)58-46(37)67/h4-11,13,17,20-22,24,29-31,36-37,49,56,60H,12,14-16,18-19,23H2,1-3H3,(H2,53,54)(H,57,66)(H,58,65,67). The third-order valence-corrected chi connectivity index (χ3v) is 15.0. The summed E-state index contributed by atoms with van der Waals surface area (Å²) in [6.07, 6.45) is 6.91. The van der Waals surface area contributed by atoms with Gasteiger partial charge in [-0.05, 0) is 88.0 Å². The number of anilines is 3. The first kappa shape index (κ1) is 48.8. The van der Waals surface area contributed by atoms with Crippen LogP contribution in [-0.4, -0.2) is 116 Å². The number of ether oxygens (including phenoxy) is 1. The highest BCUT2D eigenvalue weighted by Crippen LogP contribution is 2.41. The van der Waals surface area contributed by atoms with E-state index in [9.17, 15) is 45.6 Å². The normalized spacial score (nSPS) is 21.7. The molecule has 20 nitrogen and oxygen atoms in total. The predicted octanol–water partition coefficient (Wildman–Crippen LogP) is 5.12. The summed E-state index contributed by atoms with van der Waals surface area (Å²) in [4.78, 5) is 72.2. The van der Waals surface area contributed by atoms with Crippen LogP contribution in [0.1, 0.15) is 83.9 Å². The second-order valence-electron chi connectivity index (χ2n) is 18.8. The van der Waals surface area contributed by atoms with Crippen molar-refractivity contribution in [3.63, 3.8) is 0 Å². The van der Waals surface area contributed by atoms with E-state index in [1.807, 2.05) is 27.5 Å². The van der Waals surface area contributed by atoms with Crippen LogP contribution in [0.4, 0.5) is 30.4 Å². The highest BCUT2D eigenvalue weighted by Gasteiger charge is 2.46. The number of hydrogen-bond acceptors (Lipinski definition) is 14. The zero-order valence-corrected chi connectivity index (χ0v) is 40.3. The molecule has 3 aromatic heterocycles. The van der Waals surface area contributed by atoms with Gasteiger partial charge in [-0.25, -0.2) is 17.8 Å². The molecule has 2 saturated heterocycles. The number of imide groups is 2. The molecule has 24 heteroatoms. The van der Waals surface area contributed by atoms with Gasteiger partial charge in [0.15, 0.2) is 0 Å². The highest BCUT2D eigenvalue weighted by atomic mass is 32.2. The molecule has 1 aliphatic carbocycles.